The number of fused-ring (bicyclic) bond motifs is 2. The van der Waals surface area contributed by atoms with Gasteiger partial charge < -0.3 is 20.9 Å². The molecule has 0 saturated carbocycles. The van der Waals surface area contributed by atoms with E-state index in [2.05, 4.69) is 9.97 Å². The quantitative estimate of drug-likeness (QED) is 0.546. The van der Waals surface area contributed by atoms with Crippen molar-refractivity contribution >= 4 is 33.4 Å². The first-order chi connectivity index (χ1) is 9.62. The molecule has 20 heavy (non-hydrogen) atoms. The number of ether oxygens (including phenoxy) is 2. The summed E-state index contributed by atoms with van der Waals surface area (Å²) in [6, 6.07) is 7.00. The highest BCUT2D eigenvalue weighted by atomic mass is 16.5. The van der Waals surface area contributed by atoms with Gasteiger partial charge in [-0.3, -0.25) is 0 Å². The van der Waals surface area contributed by atoms with Crippen LogP contribution in [-0.4, -0.2) is 24.2 Å². The van der Waals surface area contributed by atoms with E-state index in [0.29, 0.717) is 44.9 Å². The van der Waals surface area contributed by atoms with Gasteiger partial charge in [0.2, 0.25) is 0 Å². The molecule has 1 heterocycles. The number of aromatic nitrogens is 2. The standard InChI is InChI=1S/C14H14N4O2/c1-19-13-5-11-9(3-7(13)15)18-12-6-14(20-2)8(16)4-10(12)17-11/h3-6H,15-16H2,1-2H3. The maximum Gasteiger partial charge on any atom is 0.144 e. The summed E-state index contributed by atoms with van der Waals surface area (Å²) < 4.78 is 10.4. The zero-order valence-corrected chi connectivity index (χ0v) is 11.2. The molecule has 0 atom stereocenters. The molecule has 3 rings (SSSR count). The van der Waals surface area contributed by atoms with Crippen molar-refractivity contribution in [2.24, 2.45) is 0 Å². The molecule has 0 aliphatic carbocycles. The van der Waals surface area contributed by atoms with Crippen LogP contribution in [0.15, 0.2) is 24.3 Å². The second-order valence-electron chi connectivity index (χ2n) is 4.39. The van der Waals surface area contributed by atoms with E-state index in [-0.39, 0.29) is 0 Å². The fourth-order valence-corrected chi connectivity index (χ4v) is 2.12. The summed E-state index contributed by atoms with van der Waals surface area (Å²) in [5.74, 6) is 1.15. The number of methoxy groups -OCH3 is 2. The highest BCUT2D eigenvalue weighted by Crippen LogP contribution is 2.30. The third-order valence-electron chi connectivity index (χ3n) is 3.14. The molecule has 6 nitrogen and oxygen atoms in total. The van der Waals surface area contributed by atoms with Crippen LogP contribution >= 0.6 is 0 Å². The van der Waals surface area contributed by atoms with E-state index in [0.717, 1.165) is 0 Å². The third-order valence-corrected chi connectivity index (χ3v) is 3.14. The Morgan fingerprint density at radius 3 is 1.40 bits per heavy atom. The minimum absolute atomic E-state index is 0.524. The Labute approximate surface area is 115 Å². The van der Waals surface area contributed by atoms with Crippen LogP contribution in [0, 0.1) is 0 Å². The lowest BCUT2D eigenvalue weighted by Crippen LogP contribution is -1.97. The normalized spacial score (nSPS) is 10.9. The Bertz CT molecular complexity index is 748. The van der Waals surface area contributed by atoms with Crippen molar-refractivity contribution in [3.8, 4) is 11.5 Å². The van der Waals surface area contributed by atoms with Gasteiger partial charge in [0.25, 0.3) is 0 Å². The molecule has 0 radical (unpaired) electrons. The number of rotatable bonds is 2. The van der Waals surface area contributed by atoms with Gasteiger partial charge in [0.05, 0.1) is 47.7 Å². The Balaban J connectivity index is 2.34. The fraction of sp³-hybridized carbons (Fsp3) is 0.143. The molecule has 0 aliphatic heterocycles. The number of hydrogen-bond acceptors (Lipinski definition) is 6. The van der Waals surface area contributed by atoms with E-state index < -0.39 is 0 Å². The van der Waals surface area contributed by atoms with Gasteiger partial charge in [-0.25, -0.2) is 9.97 Å². The summed E-state index contributed by atoms with van der Waals surface area (Å²) >= 11 is 0. The van der Waals surface area contributed by atoms with Crippen LogP contribution in [0.2, 0.25) is 0 Å². The SMILES string of the molecule is COc1cc2nc3cc(N)c(OC)cc3nc2cc1N. The van der Waals surface area contributed by atoms with E-state index in [4.69, 9.17) is 20.9 Å². The minimum atomic E-state index is 0.524. The molecule has 0 aliphatic rings. The molecular formula is C14H14N4O2. The first-order valence-electron chi connectivity index (χ1n) is 6.01. The topological polar surface area (TPSA) is 96.3 Å². The van der Waals surface area contributed by atoms with E-state index in [9.17, 15) is 0 Å². The number of nitrogen functional groups attached to an aromatic ring is 2. The number of nitrogens with zero attached hydrogens (tertiary/aromatic N) is 2. The molecular weight excluding hydrogens is 256 g/mol. The van der Waals surface area contributed by atoms with Gasteiger partial charge in [-0.2, -0.15) is 0 Å². The molecule has 2 aromatic carbocycles. The van der Waals surface area contributed by atoms with Gasteiger partial charge in [-0.15, -0.1) is 0 Å². The predicted molar refractivity (Wildman–Crippen MR) is 79.0 cm³/mol. The molecule has 0 bridgehead atoms. The number of anilines is 2. The number of benzene rings is 2. The highest BCUT2D eigenvalue weighted by Gasteiger charge is 2.09. The predicted octanol–water partition coefficient (Wildman–Crippen LogP) is 1.96. The Morgan fingerprint density at radius 1 is 0.700 bits per heavy atom. The summed E-state index contributed by atoms with van der Waals surface area (Å²) in [5, 5.41) is 0. The minimum Gasteiger partial charge on any atom is -0.495 e. The van der Waals surface area contributed by atoms with Crippen LogP contribution in [0.3, 0.4) is 0 Å². The largest absolute Gasteiger partial charge is 0.495 e. The van der Waals surface area contributed by atoms with Crippen molar-refractivity contribution in [2.45, 2.75) is 0 Å². The lowest BCUT2D eigenvalue weighted by atomic mass is 10.2. The van der Waals surface area contributed by atoms with Crippen molar-refractivity contribution in [3.63, 3.8) is 0 Å². The molecule has 102 valence electrons. The van der Waals surface area contributed by atoms with Crippen LogP contribution < -0.4 is 20.9 Å². The average Bonchev–Trinajstić information content (AvgIpc) is 2.44. The van der Waals surface area contributed by atoms with Gasteiger partial charge in [0, 0.05) is 12.1 Å². The van der Waals surface area contributed by atoms with Crippen LogP contribution in [0.25, 0.3) is 22.1 Å². The molecule has 6 heteroatoms. The zero-order chi connectivity index (χ0) is 14.3. The molecule has 0 fully saturated rings. The number of hydrogen-bond donors (Lipinski definition) is 2. The lowest BCUT2D eigenvalue weighted by molar-refractivity contribution is 0.417. The second kappa shape index (κ2) is 4.41. The maximum absolute atomic E-state index is 5.88. The molecule has 0 saturated heterocycles. The Hall–Kier alpha value is -2.76. The van der Waals surface area contributed by atoms with Crippen LogP contribution in [-0.2, 0) is 0 Å². The van der Waals surface area contributed by atoms with E-state index in [1.54, 1.807) is 38.5 Å². The highest BCUT2D eigenvalue weighted by molar-refractivity contribution is 5.91. The van der Waals surface area contributed by atoms with Crippen LogP contribution in [0.1, 0.15) is 0 Å². The molecule has 3 aromatic rings. The Kier molecular flexibility index (Phi) is 2.71. The zero-order valence-electron chi connectivity index (χ0n) is 11.2. The van der Waals surface area contributed by atoms with E-state index in [1.165, 1.54) is 0 Å². The molecule has 4 N–H and O–H groups in total. The monoisotopic (exact) mass is 270 g/mol. The van der Waals surface area contributed by atoms with Gasteiger partial charge in [-0.1, -0.05) is 0 Å². The molecule has 0 unspecified atom stereocenters. The van der Waals surface area contributed by atoms with Gasteiger partial charge in [0.1, 0.15) is 11.5 Å². The summed E-state index contributed by atoms with van der Waals surface area (Å²) in [6.45, 7) is 0. The second-order valence-corrected chi connectivity index (χ2v) is 4.39. The summed E-state index contributed by atoms with van der Waals surface area (Å²) in [5.41, 5.74) is 15.6. The summed E-state index contributed by atoms with van der Waals surface area (Å²) in [4.78, 5) is 9.06. The Morgan fingerprint density at radius 2 is 1.05 bits per heavy atom. The van der Waals surface area contributed by atoms with Gasteiger partial charge >= 0.3 is 0 Å². The van der Waals surface area contributed by atoms with Gasteiger partial charge in [-0.05, 0) is 12.1 Å². The van der Waals surface area contributed by atoms with E-state index in [1.807, 2.05) is 0 Å². The van der Waals surface area contributed by atoms with Crippen LogP contribution in [0.5, 0.6) is 11.5 Å². The van der Waals surface area contributed by atoms with Gasteiger partial charge in [0.15, 0.2) is 0 Å². The molecule has 1 aromatic heterocycles. The lowest BCUT2D eigenvalue weighted by Gasteiger charge is -2.09. The summed E-state index contributed by atoms with van der Waals surface area (Å²) in [6.07, 6.45) is 0. The average molecular weight is 270 g/mol. The smallest absolute Gasteiger partial charge is 0.144 e. The molecule has 0 amide bonds. The van der Waals surface area contributed by atoms with Crippen molar-refractivity contribution in [2.75, 3.05) is 25.7 Å². The van der Waals surface area contributed by atoms with E-state index >= 15 is 0 Å². The van der Waals surface area contributed by atoms with Crippen LogP contribution in [0.4, 0.5) is 11.4 Å². The first kappa shape index (κ1) is 12.3. The molecule has 0 spiro atoms. The van der Waals surface area contributed by atoms with Crippen molar-refractivity contribution in [1.82, 2.24) is 9.97 Å². The van der Waals surface area contributed by atoms with Crippen molar-refractivity contribution in [1.29, 1.82) is 0 Å². The maximum atomic E-state index is 5.88. The number of nitrogens with two attached hydrogens (primary N) is 2. The fourth-order valence-electron chi connectivity index (χ4n) is 2.12. The third kappa shape index (κ3) is 1.82. The summed E-state index contributed by atoms with van der Waals surface area (Å²) in [7, 11) is 3.13. The van der Waals surface area contributed by atoms with Crippen molar-refractivity contribution < 1.29 is 9.47 Å². The van der Waals surface area contributed by atoms with Crippen molar-refractivity contribution in [3.05, 3.63) is 24.3 Å². The first-order valence-corrected chi connectivity index (χ1v) is 6.01.